The van der Waals surface area contributed by atoms with Crippen LogP contribution in [0.15, 0.2) is 30.3 Å². The van der Waals surface area contributed by atoms with Gasteiger partial charge in [-0.15, -0.1) is 0 Å². The first kappa shape index (κ1) is 33.1. The summed E-state index contributed by atoms with van der Waals surface area (Å²) in [7, 11) is 1.05. The summed E-state index contributed by atoms with van der Waals surface area (Å²) < 4.78 is 26.9. The largest absolute Gasteiger partial charge is 0.507 e. The highest BCUT2D eigenvalue weighted by Gasteiger charge is 2.54. The number of phenols is 2. The van der Waals surface area contributed by atoms with Crippen LogP contribution < -0.4 is 0 Å². The third-order valence-electron chi connectivity index (χ3n) is 8.01. The Labute approximate surface area is 253 Å². The molecular formula is C28H32O17. The Morgan fingerprint density at radius 3 is 2.09 bits per heavy atom. The van der Waals surface area contributed by atoms with Crippen molar-refractivity contribution in [2.75, 3.05) is 20.3 Å². The van der Waals surface area contributed by atoms with Gasteiger partial charge in [-0.05, 0) is 18.2 Å². The molecule has 0 unspecified atom stereocenters. The molecule has 5 rings (SSSR count). The van der Waals surface area contributed by atoms with Crippen molar-refractivity contribution in [3.05, 3.63) is 58.1 Å². The molecule has 17 nitrogen and oxygen atoms in total. The Bertz CT molecular complexity index is 1440. The summed E-state index contributed by atoms with van der Waals surface area (Å²) in [6.45, 7) is -1.72. The van der Waals surface area contributed by atoms with Crippen molar-refractivity contribution < 1.29 is 84.3 Å². The molecule has 246 valence electrons. The fraction of sp³-hybridized carbons (Fsp3) is 0.500. The number of esters is 1. The average molecular weight is 641 g/mol. The van der Waals surface area contributed by atoms with E-state index in [9.17, 15) is 60.7 Å². The molecule has 2 aromatic carbocycles. The second-order valence-electron chi connectivity index (χ2n) is 10.7. The molecule has 0 saturated carbocycles. The highest BCUT2D eigenvalue weighted by atomic mass is 16.8. The Balaban J connectivity index is 1.51. The molecule has 1 aliphatic carbocycles. The van der Waals surface area contributed by atoms with Crippen LogP contribution in [0.25, 0.3) is 0 Å². The number of carbonyl (C=O) groups is 2. The first-order valence-corrected chi connectivity index (χ1v) is 13.6. The van der Waals surface area contributed by atoms with E-state index in [2.05, 4.69) is 4.74 Å². The Kier molecular flexibility index (Phi) is 9.17. The number of hydrogen-bond acceptors (Lipinski definition) is 17. The number of ether oxygens (including phenoxy) is 5. The molecule has 45 heavy (non-hydrogen) atoms. The van der Waals surface area contributed by atoms with E-state index in [1.807, 2.05) is 0 Å². The number of hydrogen-bond donors (Lipinski definition) is 10. The van der Waals surface area contributed by atoms with Gasteiger partial charge in [0.1, 0.15) is 60.3 Å². The first-order valence-electron chi connectivity index (χ1n) is 13.6. The van der Waals surface area contributed by atoms with Crippen LogP contribution in [0.1, 0.15) is 37.4 Å². The average Bonchev–Trinajstić information content (AvgIpc) is 3.02. The van der Waals surface area contributed by atoms with E-state index < -0.39 is 126 Å². The molecule has 2 fully saturated rings. The molecule has 2 saturated heterocycles. The van der Waals surface area contributed by atoms with Crippen LogP contribution in [0, 0.1) is 0 Å². The zero-order valence-electron chi connectivity index (χ0n) is 23.4. The second-order valence-corrected chi connectivity index (χ2v) is 10.7. The van der Waals surface area contributed by atoms with E-state index in [0.29, 0.717) is 0 Å². The summed E-state index contributed by atoms with van der Waals surface area (Å²) in [5, 5.41) is 105. The Morgan fingerprint density at radius 2 is 1.44 bits per heavy atom. The summed E-state index contributed by atoms with van der Waals surface area (Å²) >= 11 is 0. The van der Waals surface area contributed by atoms with Gasteiger partial charge in [0.15, 0.2) is 12.6 Å². The van der Waals surface area contributed by atoms with Crippen LogP contribution in [-0.4, -0.2) is 145 Å². The van der Waals surface area contributed by atoms with Gasteiger partial charge in [0.2, 0.25) is 11.6 Å². The van der Waals surface area contributed by atoms with E-state index >= 15 is 0 Å². The predicted octanol–water partition coefficient (Wildman–Crippen LogP) is -3.74. The molecular weight excluding hydrogens is 608 g/mol. The van der Waals surface area contributed by atoms with Gasteiger partial charge in [0, 0.05) is 11.1 Å². The minimum atomic E-state index is -2.87. The van der Waals surface area contributed by atoms with E-state index in [4.69, 9.17) is 18.9 Å². The highest BCUT2D eigenvalue weighted by molar-refractivity contribution is 6.16. The van der Waals surface area contributed by atoms with Crippen molar-refractivity contribution in [1.82, 2.24) is 0 Å². The zero-order valence-corrected chi connectivity index (χ0v) is 23.4. The number of rotatable bonds is 7. The lowest BCUT2D eigenvalue weighted by Crippen LogP contribution is -2.65. The minimum absolute atomic E-state index is 0.321. The van der Waals surface area contributed by atoms with E-state index in [1.54, 1.807) is 0 Å². The lowest BCUT2D eigenvalue weighted by Gasteiger charge is -2.47. The molecule has 11 atom stereocenters. The molecule has 0 radical (unpaired) electrons. The third kappa shape index (κ3) is 5.46. The molecule has 3 aliphatic rings. The van der Waals surface area contributed by atoms with Crippen LogP contribution >= 0.6 is 0 Å². The fourth-order valence-corrected chi connectivity index (χ4v) is 5.65. The van der Waals surface area contributed by atoms with Crippen molar-refractivity contribution in [3.63, 3.8) is 0 Å². The van der Waals surface area contributed by atoms with Gasteiger partial charge in [-0.3, -0.25) is 4.79 Å². The number of aliphatic hydroxyl groups is 8. The minimum Gasteiger partial charge on any atom is -0.507 e. The molecule has 2 aliphatic heterocycles. The van der Waals surface area contributed by atoms with Gasteiger partial charge in [0.25, 0.3) is 0 Å². The van der Waals surface area contributed by atoms with Crippen LogP contribution in [-0.2, 0) is 29.5 Å². The summed E-state index contributed by atoms with van der Waals surface area (Å²) in [6, 6.07) is 5.43. The predicted molar refractivity (Wildman–Crippen MR) is 141 cm³/mol. The SMILES string of the molecule is COC(=O)c1cc(O)c2c(c1)[C@@](O)(O[C@@H]1O[C@H](CO)[C@@H](O[C@@H]3O[C@H](CO)[C@@H](O)[C@H](O)[C@H]3O)[C@H](O)[C@H]1O)c1cccc(O)c1C2=O. The Hall–Kier alpha value is -3.30. The van der Waals surface area contributed by atoms with Gasteiger partial charge in [0.05, 0.1) is 37.0 Å². The highest BCUT2D eigenvalue weighted by Crippen LogP contribution is 2.48. The van der Waals surface area contributed by atoms with Gasteiger partial charge >= 0.3 is 5.97 Å². The number of aliphatic hydroxyl groups excluding tert-OH is 7. The van der Waals surface area contributed by atoms with Crippen molar-refractivity contribution in [3.8, 4) is 11.5 Å². The van der Waals surface area contributed by atoms with Crippen molar-refractivity contribution in [1.29, 1.82) is 0 Å². The van der Waals surface area contributed by atoms with Gasteiger partial charge in [-0.2, -0.15) is 0 Å². The number of phenolic OH excluding ortho intramolecular Hbond substituents is 2. The van der Waals surface area contributed by atoms with Crippen molar-refractivity contribution >= 4 is 11.8 Å². The number of carbonyl (C=O) groups excluding carboxylic acids is 2. The molecule has 0 amide bonds. The van der Waals surface area contributed by atoms with Crippen molar-refractivity contribution in [2.24, 2.45) is 0 Å². The third-order valence-corrected chi connectivity index (χ3v) is 8.01. The number of aromatic hydroxyl groups is 2. The standard InChI is InChI=1S/C28H32O17/c1-41-25(39)9-5-11-17(13(32)6-9)19(34)16-10(3-2-4-12(16)31)28(11,40)45-27-23(38)21(36)24(15(8-30)43-27)44-26-22(37)20(35)18(33)14(7-29)42-26/h2-6,14-15,18,20-24,26-27,29-33,35-38,40H,7-8H2,1H3/t14-,15-,18-,20+,21-,22-,23-,24-,26+,27+,28+/m1/s1. The van der Waals surface area contributed by atoms with E-state index in [1.165, 1.54) is 12.1 Å². The summed E-state index contributed by atoms with van der Waals surface area (Å²) in [6.07, 6.45) is -18.1. The maximum absolute atomic E-state index is 13.4. The van der Waals surface area contributed by atoms with Crippen LogP contribution in [0.5, 0.6) is 11.5 Å². The monoisotopic (exact) mass is 640 g/mol. The molecule has 0 bridgehead atoms. The Morgan fingerprint density at radius 1 is 0.822 bits per heavy atom. The number of benzene rings is 2. The summed E-state index contributed by atoms with van der Waals surface area (Å²) in [4.78, 5) is 25.7. The zero-order chi connectivity index (χ0) is 33.0. The summed E-state index contributed by atoms with van der Waals surface area (Å²) in [5.74, 6) is -6.20. The number of methoxy groups -OCH3 is 1. The van der Waals surface area contributed by atoms with Gasteiger partial charge < -0.3 is 74.7 Å². The lowest BCUT2D eigenvalue weighted by atomic mass is 9.78. The lowest BCUT2D eigenvalue weighted by molar-refractivity contribution is -0.382. The first-order chi connectivity index (χ1) is 21.3. The number of ketones is 1. The maximum atomic E-state index is 13.4. The van der Waals surface area contributed by atoms with E-state index in [0.717, 1.165) is 25.3 Å². The molecule has 2 aromatic rings. The number of fused-ring (bicyclic) bond motifs is 2. The van der Waals surface area contributed by atoms with Crippen molar-refractivity contribution in [2.45, 2.75) is 67.2 Å². The smallest absolute Gasteiger partial charge is 0.337 e. The molecule has 10 N–H and O–H groups in total. The molecule has 2 heterocycles. The van der Waals surface area contributed by atoms with Crippen LogP contribution in [0.2, 0.25) is 0 Å². The maximum Gasteiger partial charge on any atom is 0.337 e. The van der Waals surface area contributed by atoms with Crippen LogP contribution in [0.4, 0.5) is 0 Å². The van der Waals surface area contributed by atoms with E-state index in [-0.39, 0.29) is 5.56 Å². The normalized spacial score (nSPS) is 36.2. The topological polar surface area (TPSA) is 283 Å². The molecule has 17 heteroatoms. The van der Waals surface area contributed by atoms with Gasteiger partial charge in [-0.1, -0.05) is 12.1 Å². The molecule has 0 spiro atoms. The molecule has 0 aromatic heterocycles. The quantitative estimate of drug-likeness (QED) is 0.103. The fourth-order valence-electron chi connectivity index (χ4n) is 5.65. The summed E-state index contributed by atoms with van der Waals surface area (Å²) in [5.41, 5.74) is -2.31. The van der Waals surface area contributed by atoms with Crippen LogP contribution in [0.3, 0.4) is 0 Å². The second kappa shape index (κ2) is 12.5. The van der Waals surface area contributed by atoms with Gasteiger partial charge in [-0.25, -0.2) is 4.79 Å².